The second-order valence-electron chi connectivity index (χ2n) is 7.42. The highest BCUT2D eigenvalue weighted by Gasteiger charge is 2.28. The Morgan fingerprint density at radius 1 is 1.17 bits per heavy atom. The van der Waals surface area contributed by atoms with E-state index in [1.54, 1.807) is 24.4 Å². The Kier molecular flexibility index (Phi) is 5.24. The number of oxazole rings is 1. The minimum atomic E-state index is -2.96. The van der Waals surface area contributed by atoms with Crippen LogP contribution in [0.25, 0.3) is 22.8 Å². The molecule has 6 nitrogen and oxygen atoms in total. The molecule has 1 fully saturated rings. The molecule has 0 aliphatic carbocycles. The van der Waals surface area contributed by atoms with Gasteiger partial charge in [0, 0.05) is 17.7 Å². The Morgan fingerprint density at radius 2 is 1.93 bits per heavy atom. The lowest BCUT2D eigenvalue weighted by molar-refractivity contribution is 0.0949. The first-order valence-corrected chi connectivity index (χ1v) is 11.3. The smallest absolute Gasteiger partial charge is 0.252 e. The van der Waals surface area contributed by atoms with Gasteiger partial charge >= 0.3 is 0 Å². The molecule has 2 aromatic carbocycles. The van der Waals surface area contributed by atoms with Gasteiger partial charge in [-0.3, -0.25) is 4.79 Å². The molecule has 3 aromatic rings. The molecule has 0 saturated carbocycles. The van der Waals surface area contributed by atoms with Gasteiger partial charge in [0.15, 0.2) is 15.6 Å². The number of nitrogens with zero attached hydrogens (tertiary/aromatic N) is 1. The minimum absolute atomic E-state index is 0.0361. The van der Waals surface area contributed by atoms with Gasteiger partial charge in [-0.15, -0.1) is 0 Å². The third kappa shape index (κ3) is 4.40. The lowest BCUT2D eigenvalue weighted by atomic mass is 10.1. The van der Waals surface area contributed by atoms with Crippen molar-refractivity contribution in [2.45, 2.75) is 13.3 Å². The molecule has 0 radical (unpaired) electrons. The number of carbonyl (C=O) groups is 1. The summed E-state index contributed by atoms with van der Waals surface area (Å²) in [4.78, 5) is 17.1. The van der Waals surface area contributed by atoms with Crippen molar-refractivity contribution in [2.75, 3.05) is 18.1 Å². The number of rotatable bonds is 5. The molecule has 7 heteroatoms. The summed E-state index contributed by atoms with van der Waals surface area (Å²) in [6.45, 7) is 2.36. The van der Waals surface area contributed by atoms with Crippen molar-refractivity contribution in [3.05, 3.63) is 65.9 Å². The standard InChI is InChI=1S/C22H22N2O4S/c1-15-6-8-17(9-7-15)20-13-24-22(28-20)19-5-3-2-4-18(19)21(25)23-12-16-10-11-29(26,27)14-16/h2-9,13,16H,10-12,14H2,1H3,(H,23,25). The van der Waals surface area contributed by atoms with Crippen LogP contribution in [0.1, 0.15) is 22.3 Å². The number of aryl methyl sites for hydroxylation is 1. The Labute approximate surface area is 169 Å². The molecule has 0 bridgehead atoms. The minimum Gasteiger partial charge on any atom is -0.436 e. The summed E-state index contributed by atoms with van der Waals surface area (Å²) >= 11 is 0. The summed E-state index contributed by atoms with van der Waals surface area (Å²) in [7, 11) is -2.96. The predicted octanol–water partition coefficient (Wildman–Crippen LogP) is 3.48. The van der Waals surface area contributed by atoms with Gasteiger partial charge in [0.1, 0.15) is 0 Å². The molecule has 1 aromatic heterocycles. The number of aromatic nitrogens is 1. The monoisotopic (exact) mass is 410 g/mol. The van der Waals surface area contributed by atoms with E-state index in [0.717, 1.165) is 11.1 Å². The average molecular weight is 410 g/mol. The molecule has 2 heterocycles. The van der Waals surface area contributed by atoms with Crippen molar-refractivity contribution < 1.29 is 17.6 Å². The Hall–Kier alpha value is -2.93. The molecule has 1 atom stereocenters. The molecule has 1 saturated heterocycles. The number of benzene rings is 2. The first kappa shape index (κ1) is 19.4. The second-order valence-corrected chi connectivity index (χ2v) is 9.65. The van der Waals surface area contributed by atoms with Gasteiger partial charge in [0.2, 0.25) is 5.89 Å². The lowest BCUT2D eigenvalue weighted by Gasteiger charge is -2.11. The van der Waals surface area contributed by atoms with E-state index in [0.29, 0.717) is 35.7 Å². The first-order valence-electron chi connectivity index (χ1n) is 9.52. The lowest BCUT2D eigenvalue weighted by Crippen LogP contribution is -2.30. The van der Waals surface area contributed by atoms with Crippen LogP contribution in [0, 0.1) is 12.8 Å². The molecular weight excluding hydrogens is 388 g/mol. The van der Waals surface area contributed by atoms with E-state index >= 15 is 0 Å². The van der Waals surface area contributed by atoms with Gasteiger partial charge in [-0.1, -0.05) is 42.0 Å². The van der Waals surface area contributed by atoms with Crippen LogP contribution >= 0.6 is 0 Å². The van der Waals surface area contributed by atoms with E-state index in [1.165, 1.54) is 0 Å². The average Bonchev–Trinajstić information content (AvgIpc) is 3.33. The SMILES string of the molecule is Cc1ccc(-c2cnc(-c3ccccc3C(=O)NCC3CCS(=O)(=O)C3)o2)cc1. The quantitative estimate of drug-likeness (QED) is 0.696. The summed E-state index contributed by atoms with van der Waals surface area (Å²) in [5.41, 5.74) is 3.12. The summed E-state index contributed by atoms with van der Waals surface area (Å²) in [6, 6.07) is 15.0. The van der Waals surface area contributed by atoms with E-state index in [-0.39, 0.29) is 23.3 Å². The van der Waals surface area contributed by atoms with Gasteiger partial charge in [-0.05, 0) is 31.4 Å². The number of sulfone groups is 1. The van der Waals surface area contributed by atoms with Crippen LogP contribution in [0.15, 0.2) is 59.1 Å². The fourth-order valence-electron chi connectivity index (χ4n) is 3.48. The molecule has 1 aliphatic rings. The Balaban J connectivity index is 1.52. The molecule has 150 valence electrons. The van der Waals surface area contributed by atoms with E-state index < -0.39 is 9.84 Å². The van der Waals surface area contributed by atoms with Crippen LogP contribution in [0.4, 0.5) is 0 Å². The maximum Gasteiger partial charge on any atom is 0.252 e. The zero-order chi connectivity index (χ0) is 20.4. The van der Waals surface area contributed by atoms with Crippen molar-refractivity contribution in [1.82, 2.24) is 10.3 Å². The van der Waals surface area contributed by atoms with E-state index in [4.69, 9.17) is 4.42 Å². The third-order valence-electron chi connectivity index (χ3n) is 5.12. The fraction of sp³-hybridized carbons (Fsp3) is 0.273. The molecule has 1 aliphatic heterocycles. The van der Waals surface area contributed by atoms with Crippen LogP contribution in [0.3, 0.4) is 0 Å². The maximum absolute atomic E-state index is 12.7. The third-order valence-corrected chi connectivity index (χ3v) is 6.96. The topological polar surface area (TPSA) is 89.3 Å². The van der Waals surface area contributed by atoms with Crippen molar-refractivity contribution in [2.24, 2.45) is 5.92 Å². The highest BCUT2D eigenvalue weighted by molar-refractivity contribution is 7.91. The van der Waals surface area contributed by atoms with Crippen LogP contribution < -0.4 is 5.32 Å². The molecule has 1 amide bonds. The summed E-state index contributed by atoms with van der Waals surface area (Å²) in [6.07, 6.45) is 2.24. The van der Waals surface area contributed by atoms with Crippen molar-refractivity contribution in [1.29, 1.82) is 0 Å². The van der Waals surface area contributed by atoms with Crippen LogP contribution in [-0.2, 0) is 9.84 Å². The molecule has 29 heavy (non-hydrogen) atoms. The van der Waals surface area contributed by atoms with Crippen LogP contribution in [0.5, 0.6) is 0 Å². The number of hydrogen-bond donors (Lipinski definition) is 1. The fourth-order valence-corrected chi connectivity index (χ4v) is 5.34. The summed E-state index contributed by atoms with van der Waals surface area (Å²) < 4.78 is 29.1. The maximum atomic E-state index is 12.7. The van der Waals surface area contributed by atoms with Gasteiger partial charge in [0.25, 0.3) is 5.91 Å². The molecule has 1 unspecified atom stereocenters. The van der Waals surface area contributed by atoms with Crippen molar-refractivity contribution in [3.63, 3.8) is 0 Å². The largest absolute Gasteiger partial charge is 0.436 e. The van der Waals surface area contributed by atoms with E-state index in [2.05, 4.69) is 10.3 Å². The highest BCUT2D eigenvalue weighted by Crippen LogP contribution is 2.28. The van der Waals surface area contributed by atoms with Gasteiger partial charge in [-0.2, -0.15) is 0 Å². The summed E-state index contributed by atoms with van der Waals surface area (Å²) in [5, 5.41) is 2.86. The van der Waals surface area contributed by atoms with Crippen molar-refractivity contribution in [3.8, 4) is 22.8 Å². The number of carbonyl (C=O) groups excluding carboxylic acids is 1. The van der Waals surface area contributed by atoms with E-state index in [9.17, 15) is 13.2 Å². The zero-order valence-corrected chi connectivity index (χ0v) is 16.9. The van der Waals surface area contributed by atoms with Crippen LogP contribution in [-0.4, -0.2) is 37.4 Å². The first-order chi connectivity index (χ1) is 13.9. The summed E-state index contributed by atoms with van der Waals surface area (Å²) in [5.74, 6) is 1.03. The normalized spacial score (nSPS) is 17.9. The Morgan fingerprint density at radius 3 is 2.66 bits per heavy atom. The van der Waals surface area contributed by atoms with Crippen LogP contribution in [0.2, 0.25) is 0 Å². The predicted molar refractivity (Wildman–Crippen MR) is 111 cm³/mol. The van der Waals surface area contributed by atoms with Gasteiger partial charge < -0.3 is 9.73 Å². The number of hydrogen-bond acceptors (Lipinski definition) is 5. The van der Waals surface area contributed by atoms with Gasteiger partial charge in [-0.25, -0.2) is 13.4 Å². The zero-order valence-electron chi connectivity index (χ0n) is 16.1. The van der Waals surface area contributed by atoms with Crippen molar-refractivity contribution >= 4 is 15.7 Å². The molecular formula is C22H22N2O4S. The molecule has 4 rings (SSSR count). The second kappa shape index (κ2) is 7.83. The van der Waals surface area contributed by atoms with E-state index in [1.807, 2.05) is 37.3 Å². The Bertz CT molecular complexity index is 1130. The molecule has 0 spiro atoms. The molecule has 1 N–H and O–H groups in total. The number of nitrogens with one attached hydrogen (secondary N) is 1. The van der Waals surface area contributed by atoms with Gasteiger partial charge in [0.05, 0.1) is 23.3 Å². The number of amides is 1. The highest BCUT2D eigenvalue weighted by atomic mass is 32.2.